The molecular weight excluding hydrogens is 492 g/mol. The van der Waals surface area contributed by atoms with Crippen molar-refractivity contribution in [3.05, 3.63) is 112 Å². The Morgan fingerprint density at radius 3 is 2.35 bits per heavy atom. The number of carbonyl (C=O) groups excluding carboxylic acids is 1. The molecule has 0 aliphatic heterocycles. The largest absolute Gasteiger partial charge is 0.423 e. The summed E-state index contributed by atoms with van der Waals surface area (Å²) in [5.41, 5.74) is 2.03. The van der Waals surface area contributed by atoms with E-state index in [1.165, 1.54) is 35.6 Å². The van der Waals surface area contributed by atoms with Crippen molar-refractivity contribution in [1.82, 2.24) is 4.57 Å². The standard InChI is InChI=1S/C25H19ClN2O4S2/c1-2-16-28-23(17-33-25(28)27-34(30,31)22-14-10-20(26)11-15-22)18-8-12-21(13-9-18)32-24(29)19-6-4-3-5-7-19/h2-15,17H,1,16H2/b27-25+. The van der Waals surface area contributed by atoms with Crippen molar-refractivity contribution in [2.75, 3.05) is 0 Å². The highest BCUT2D eigenvalue weighted by molar-refractivity contribution is 7.90. The monoisotopic (exact) mass is 510 g/mol. The van der Waals surface area contributed by atoms with Crippen molar-refractivity contribution in [1.29, 1.82) is 0 Å². The maximum atomic E-state index is 12.8. The van der Waals surface area contributed by atoms with Crippen molar-refractivity contribution in [2.24, 2.45) is 4.40 Å². The topological polar surface area (TPSA) is 77.7 Å². The van der Waals surface area contributed by atoms with Crippen LogP contribution in [0, 0.1) is 0 Å². The molecule has 0 N–H and O–H groups in total. The predicted octanol–water partition coefficient (Wildman–Crippen LogP) is 5.56. The highest BCUT2D eigenvalue weighted by Crippen LogP contribution is 2.24. The number of halogens is 1. The summed E-state index contributed by atoms with van der Waals surface area (Å²) in [5, 5.41) is 2.27. The summed E-state index contributed by atoms with van der Waals surface area (Å²) in [6.45, 7) is 4.13. The van der Waals surface area contributed by atoms with Crippen LogP contribution >= 0.6 is 22.9 Å². The lowest BCUT2D eigenvalue weighted by Gasteiger charge is -2.08. The SMILES string of the molecule is C=CCn1c(-c2ccc(OC(=O)c3ccccc3)cc2)cs/c1=N/S(=O)(=O)c1ccc(Cl)cc1. The molecule has 0 spiro atoms. The third-order valence-electron chi connectivity index (χ3n) is 4.79. The van der Waals surface area contributed by atoms with Crippen LogP contribution in [0.1, 0.15) is 10.4 Å². The van der Waals surface area contributed by atoms with Gasteiger partial charge in [-0.25, -0.2) is 4.79 Å². The molecule has 0 bridgehead atoms. The third kappa shape index (κ3) is 5.36. The van der Waals surface area contributed by atoms with Gasteiger partial charge in [0.2, 0.25) is 4.80 Å². The van der Waals surface area contributed by atoms with Crippen LogP contribution in [0.5, 0.6) is 5.75 Å². The molecule has 0 radical (unpaired) electrons. The van der Waals surface area contributed by atoms with E-state index in [2.05, 4.69) is 11.0 Å². The summed E-state index contributed by atoms with van der Waals surface area (Å²) in [6, 6.07) is 21.6. The van der Waals surface area contributed by atoms with Crippen LogP contribution in [0.3, 0.4) is 0 Å². The quantitative estimate of drug-likeness (QED) is 0.185. The summed E-state index contributed by atoms with van der Waals surface area (Å²) in [7, 11) is -3.92. The summed E-state index contributed by atoms with van der Waals surface area (Å²) >= 11 is 7.07. The van der Waals surface area contributed by atoms with Crippen LogP contribution in [0.2, 0.25) is 5.02 Å². The Morgan fingerprint density at radius 1 is 1.03 bits per heavy atom. The van der Waals surface area contributed by atoms with Crippen molar-refractivity contribution in [3.8, 4) is 17.0 Å². The molecule has 0 saturated heterocycles. The molecule has 9 heteroatoms. The molecule has 0 saturated carbocycles. The first-order valence-corrected chi connectivity index (χ1v) is 12.8. The van der Waals surface area contributed by atoms with E-state index in [-0.39, 0.29) is 4.90 Å². The van der Waals surface area contributed by atoms with Crippen LogP contribution in [0.25, 0.3) is 11.3 Å². The fraction of sp³-hybridized carbons (Fsp3) is 0.0400. The Morgan fingerprint density at radius 2 is 1.71 bits per heavy atom. The van der Waals surface area contributed by atoms with Gasteiger partial charge in [-0.2, -0.15) is 8.42 Å². The second-order valence-corrected chi connectivity index (χ2v) is 9.98. The number of ether oxygens (including phenoxy) is 1. The normalized spacial score (nSPS) is 11.9. The molecule has 0 aliphatic rings. The summed E-state index contributed by atoms with van der Waals surface area (Å²) < 4.78 is 36.8. The van der Waals surface area contributed by atoms with Crippen LogP contribution in [-0.2, 0) is 16.6 Å². The number of hydrogen-bond donors (Lipinski definition) is 0. The molecule has 34 heavy (non-hydrogen) atoms. The number of rotatable bonds is 7. The Hall–Kier alpha value is -3.46. The van der Waals surface area contributed by atoms with Gasteiger partial charge >= 0.3 is 5.97 Å². The fourth-order valence-electron chi connectivity index (χ4n) is 3.14. The van der Waals surface area contributed by atoms with E-state index in [0.717, 1.165) is 11.3 Å². The highest BCUT2D eigenvalue weighted by Gasteiger charge is 2.15. The van der Waals surface area contributed by atoms with Gasteiger partial charge in [0.05, 0.1) is 16.2 Å². The van der Waals surface area contributed by atoms with Gasteiger partial charge in [-0.1, -0.05) is 35.9 Å². The van der Waals surface area contributed by atoms with E-state index in [1.54, 1.807) is 59.2 Å². The van der Waals surface area contributed by atoms with Gasteiger partial charge in [-0.05, 0) is 66.2 Å². The van der Waals surface area contributed by atoms with Crippen LogP contribution in [0.4, 0.5) is 0 Å². The number of hydrogen-bond acceptors (Lipinski definition) is 5. The van der Waals surface area contributed by atoms with E-state index in [4.69, 9.17) is 16.3 Å². The number of benzene rings is 3. The molecule has 3 aromatic carbocycles. The van der Waals surface area contributed by atoms with Gasteiger partial charge in [-0.3, -0.25) is 0 Å². The molecule has 172 valence electrons. The Labute approximate surface area is 206 Å². The number of nitrogens with zero attached hydrogens (tertiary/aromatic N) is 2. The maximum Gasteiger partial charge on any atom is 0.343 e. The molecule has 0 fully saturated rings. The van der Waals surface area contributed by atoms with Gasteiger partial charge in [0, 0.05) is 16.9 Å². The van der Waals surface area contributed by atoms with E-state index in [1.807, 2.05) is 11.4 Å². The Bertz CT molecular complexity index is 1490. The van der Waals surface area contributed by atoms with Crippen LogP contribution < -0.4 is 9.54 Å². The van der Waals surface area contributed by atoms with Crippen molar-refractivity contribution < 1.29 is 17.9 Å². The van der Waals surface area contributed by atoms with Gasteiger partial charge in [-0.15, -0.1) is 22.3 Å². The zero-order valence-electron chi connectivity index (χ0n) is 17.8. The zero-order chi connectivity index (χ0) is 24.1. The fourth-order valence-corrected chi connectivity index (χ4v) is 5.40. The highest BCUT2D eigenvalue weighted by atomic mass is 35.5. The number of thiazole rings is 1. The molecule has 0 unspecified atom stereocenters. The van der Waals surface area contributed by atoms with Crippen molar-refractivity contribution >= 4 is 38.9 Å². The smallest absolute Gasteiger partial charge is 0.343 e. The summed E-state index contributed by atoms with van der Waals surface area (Å²) in [6.07, 6.45) is 1.67. The minimum absolute atomic E-state index is 0.0570. The van der Waals surface area contributed by atoms with E-state index in [9.17, 15) is 13.2 Å². The lowest BCUT2D eigenvalue weighted by atomic mass is 10.1. The van der Waals surface area contributed by atoms with Gasteiger partial charge in [0.25, 0.3) is 10.0 Å². The third-order valence-corrected chi connectivity index (χ3v) is 7.30. The molecule has 0 amide bonds. The number of aromatic nitrogens is 1. The number of esters is 1. The maximum absolute atomic E-state index is 12.8. The molecule has 0 atom stereocenters. The molecular formula is C25H19ClN2O4S2. The van der Waals surface area contributed by atoms with Gasteiger partial charge < -0.3 is 9.30 Å². The van der Waals surface area contributed by atoms with Crippen molar-refractivity contribution in [2.45, 2.75) is 11.4 Å². The first kappa shape index (κ1) is 23.7. The molecule has 1 aromatic heterocycles. The van der Waals surface area contributed by atoms with Gasteiger partial charge in [0.15, 0.2) is 0 Å². The molecule has 0 aliphatic carbocycles. The first-order chi connectivity index (χ1) is 16.4. The number of allylic oxidation sites excluding steroid dienone is 1. The molecule has 4 aromatic rings. The average Bonchev–Trinajstić information content (AvgIpc) is 3.22. The second-order valence-electron chi connectivity index (χ2n) is 7.10. The molecule has 6 nitrogen and oxygen atoms in total. The number of sulfonamides is 1. The van der Waals surface area contributed by atoms with Crippen LogP contribution in [0.15, 0.2) is 106 Å². The lowest BCUT2D eigenvalue weighted by Crippen LogP contribution is -2.17. The van der Waals surface area contributed by atoms with Crippen molar-refractivity contribution in [3.63, 3.8) is 0 Å². The average molecular weight is 511 g/mol. The molecule has 4 rings (SSSR count). The van der Waals surface area contributed by atoms with E-state index < -0.39 is 16.0 Å². The Kier molecular flexibility index (Phi) is 7.12. The lowest BCUT2D eigenvalue weighted by molar-refractivity contribution is 0.0734. The van der Waals surface area contributed by atoms with E-state index in [0.29, 0.717) is 27.7 Å². The first-order valence-electron chi connectivity index (χ1n) is 10.1. The van der Waals surface area contributed by atoms with Crippen LogP contribution in [-0.4, -0.2) is 19.0 Å². The minimum atomic E-state index is -3.92. The zero-order valence-corrected chi connectivity index (χ0v) is 20.2. The molecule has 1 heterocycles. The van der Waals surface area contributed by atoms with E-state index >= 15 is 0 Å². The van der Waals surface area contributed by atoms with Gasteiger partial charge in [0.1, 0.15) is 5.75 Å². The Balaban J connectivity index is 1.64. The summed E-state index contributed by atoms with van der Waals surface area (Å²) in [4.78, 5) is 12.6. The summed E-state index contributed by atoms with van der Waals surface area (Å²) in [5.74, 6) is -0.0440. The second kappa shape index (κ2) is 10.2. The minimum Gasteiger partial charge on any atom is -0.423 e. The predicted molar refractivity (Wildman–Crippen MR) is 134 cm³/mol. The number of carbonyl (C=O) groups is 1.